The minimum absolute atomic E-state index is 0.102. The van der Waals surface area contributed by atoms with Gasteiger partial charge in [-0.25, -0.2) is 4.98 Å². The number of alkyl halides is 3. The van der Waals surface area contributed by atoms with Crippen molar-refractivity contribution in [1.82, 2.24) is 4.98 Å². The molecule has 1 amide bonds. The number of nitrogens with zero attached hydrogens (tertiary/aromatic N) is 1. The number of anilines is 3. The van der Waals surface area contributed by atoms with Crippen LogP contribution in [0.25, 0.3) is 0 Å². The number of hydrogen-bond donors (Lipinski definition) is 2. The predicted molar refractivity (Wildman–Crippen MR) is 98.1 cm³/mol. The van der Waals surface area contributed by atoms with Crippen molar-refractivity contribution in [2.24, 2.45) is 0 Å². The van der Waals surface area contributed by atoms with Crippen LogP contribution in [0.5, 0.6) is 0 Å². The predicted octanol–water partition coefficient (Wildman–Crippen LogP) is 5.40. The fourth-order valence-corrected chi connectivity index (χ4v) is 2.49. The van der Waals surface area contributed by atoms with E-state index in [1.165, 1.54) is 36.5 Å². The van der Waals surface area contributed by atoms with Gasteiger partial charge in [-0.15, -0.1) is 0 Å². The summed E-state index contributed by atoms with van der Waals surface area (Å²) < 4.78 is 39.1. The molecule has 7 heteroatoms. The Balaban J connectivity index is 1.75. The zero-order valence-corrected chi connectivity index (χ0v) is 14.3. The van der Waals surface area contributed by atoms with E-state index in [4.69, 9.17) is 0 Å². The number of carbonyl (C=O) groups excluding carboxylic acids is 1. The van der Waals surface area contributed by atoms with E-state index >= 15 is 0 Å². The summed E-state index contributed by atoms with van der Waals surface area (Å²) in [4.78, 5) is 16.3. The number of amides is 1. The molecule has 0 aliphatic heterocycles. The first kappa shape index (κ1) is 18.4. The summed E-state index contributed by atoms with van der Waals surface area (Å²) in [6, 6.07) is 15.4. The van der Waals surface area contributed by atoms with Gasteiger partial charge in [0.2, 0.25) is 0 Å². The first-order valence-electron chi connectivity index (χ1n) is 8.11. The number of benzene rings is 2. The standard InChI is InChI=1S/C20H16F3N3O/c1-13-6-2-4-8-16(13)26-19(27)14-10-11-18(24-12-14)25-17-9-5-3-7-15(17)20(21,22)23/h2-12H,1H3,(H,24,25)(H,26,27). The highest BCUT2D eigenvalue weighted by molar-refractivity contribution is 6.04. The third kappa shape index (κ3) is 4.44. The molecule has 0 atom stereocenters. The summed E-state index contributed by atoms with van der Waals surface area (Å²) in [6.07, 6.45) is -3.16. The van der Waals surface area contributed by atoms with E-state index in [1.54, 1.807) is 6.07 Å². The fraction of sp³-hybridized carbons (Fsp3) is 0.100. The average Bonchev–Trinajstić information content (AvgIpc) is 2.64. The van der Waals surface area contributed by atoms with Crippen LogP contribution in [-0.4, -0.2) is 10.9 Å². The summed E-state index contributed by atoms with van der Waals surface area (Å²) in [6.45, 7) is 1.87. The van der Waals surface area contributed by atoms with E-state index in [0.29, 0.717) is 11.3 Å². The molecule has 0 unspecified atom stereocenters. The van der Waals surface area contributed by atoms with Crippen molar-refractivity contribution in [2.45, 2.75) is 13.1 Å². The molecule has 138 valence electrons. The van der Waals surface area contributed by atoms with E-state index in [1.807, 2.05) is 25.1 Å². The maximum Gasteiger partial charge on any atom is 0.418 e. The van der Waals surface area contributed by atoms with Crippen molar-refractivity contribution in [3.05, 3.63) is 83.6 Å². The van der Waals surface area contributed by atoms with E-state index < -0.39 is 11.7 Å². The van der Waals surface area contributed by atoms with Gasteiger partial charge in [0, 0.05) is 11.9 Å². The first-order chi connectivity index (χ1) is 12.8. The van der Waals surface area contributed by atoms with E-state index in [-0.39, 0.29) is 17.4 Å². The van der Waals surface area contributed by atoms with E-state index in [9.17, 15) is 18.0 Å². The van der Waals surface area contributed by atoms with Crippen LogP contribution < -0.4 is 10.6 Å². The highest BCUT2D eigenvalue weighted by atomic mass is 19.4. The number of para-hydroxylation sites is 2. The highest BCUT2D eigenvalue weighted by Crippen LogP contribution is 2.35. The van der Waals surface area contributed by atoms with Crippen molar-refractivity contribution >= 4 is 23.1 Å². The van der Waals surface area contributed by atoms with Gasteiger partial charge in [-0.2, -0.15) is 13.2 Å². The number of hydrogen-bond acceptors (Lipinski definition) is 3. The molecular weight excluding hydrogens is 355 g/mol. The van der Waals surface area contributed by atoms with Crippen LogP contribution in [0, 0.1) is 6.92 Å². The Hall–Kier alpha value is -3.35. The lowest BCUT2D eigenvalue weighted by molar-refractivity contribution is -0.136. The topological polar surface area (TPSA) is 54.0 Å². The van der Waals surface area contributed by atoms with Gasteiger partial charge >= 0.3 is 6.18 Å². The molecule has 0 aliphatic carbocycles. The molecule has 0 aliphatic rings. The Bertz CT molecular complexity index is 953. The molecule has 2 aromatic carbocycles. The zero-order chi connectivity index (χ0) is 19.4. The number of nitrogens with one attached hydrogen (secondary N) is 2. The monoisotopic (exact) mass is 371 g/mol. The number of halogens is 3. The molecule has 4 nitrogen and oxygen atoms in total. The van der Waals surface area contributed by atoms with E-state index in [0.717, 1.165) is 11.6 Å². The van der Waals surface area contributed by atoms with Crippen LogP contribution >= 0.6 is 0 Å². The smallest absolute Gasteiger partial charge is 0.340 e. The SMILES string of the molecule is Cc1ccccc1NC(=O)c1ccc(Nc2ccccc2C(F)(F)F)nc1. The molecule has 0 radical (unpaired) electrons. The lowest BCUT2D eigenvalue weighted by Crippen LogP contribution is -2.13. The molecule has 3 rings (SSSR count). The van der Waals surface area contributed by atoms with Crippen molar-refractivity contribution in [3.8, 4) is 0 Å². The van der Waals surface area contributed by atoms with Crippen LogP contribution in [0.4, 0.5) is 30.4 Å². The van der Waals surface area contributed by atoms with Crippen LogP contribution in [-0.2, 0) is 6.18 Å². The lowest BCUT2D eigenvalue weighted by atomic mass is 10.1. The van der Waals surface area contributed by atoms with Gasteiger partial charge in [-0.3, -0.25) is 4.79 Å². The molecule has 0 saturated carbocycles. The third-order valence-electron chi connectivity index (χ3n) is 3.91. The van der Waals surface area contributed by atoms with Gasteiger partial charge in [-0.1, -0.05) is 30.3 Å². The molecule has 0 bridgehead atoms. The number of pyridine rings is 1. The summed E-state index contributed by atoms with van der Waals surface area (Å²) in [5.41, 5.74) is 1.01. The van der Waals surface area contributed by atoms with E-state index in [2.05, 4.69) is 15.6 Å². The molecule has 1 heterocycles. The number of carbonyl (C=O) groups is 1. The van der Waals surface area contributed by atoms with Gasteiger partial charge in [0.05, 0.1) is 16.8 Å². The second kappa shape index (κ2) is 7.49. The maximum absolute atomic E-state index is 13.0. The summed E-state index contributed by atoms with van der Waals surface area (Å²) in [7, 11) is 0. The summed E-state index contributed by atoms with van der Waals surface area (Å²) in [5.74, 6) is -0.141. The molecular formula is C20H16F3N3O. The normalized spacial score (nSPS) is 11.1. The maximum atomic E-state index is 13.0. The third-order valence-corrected chi connectivity index (χ3v) is 3.91. The quantitative estimate of drug-likeness (QED) is 0.645. The molecule has 0 saturated heterocycles. The van der Waals surface area contributed by atoms with Crippen molar-refractivity contribution < 1.29 is 18.0 Å². The number of aryl methyl sites for hydroxylation is 1. The zero-order valence-electron chi connectivity index (χ0n) is 14.3. The summed E-state index contributed by atoms with van der Waals surface area (Å²) in [5, 5.41) is 5.42. The minimum atomic E-state index is -4.48. The molecule has 1 aromatic heterocycles. The molecule has 2 N–H and O–H groups in total. The van der Waals surface area contributed by atoms with Gasteiger partial charge in [-0.05, 0) is 42.8 Å². The second-order valence-corrected chi connectivity index (χ2v) is 5.87. The largest absolute Gasteiger partial charge is 0.418 e. The minimum Gasteiger partial charge on any atom is -0.340 e. The van der Waals surface area contributed by atoms with Crippen LogP contribution in [0.1, 0.15) is 21.5 Å². The Labute approximate surface area is 154 Å². The number of rotatable bonds is 4. The second-order valence-electron chi connectivity index (χ2n) is 5.87. The highest BCUT2D eigenvalue weighted by Gasteiger charge is 2.33. The van der Waals surface area contributed by atoms with Crippen molar-refractivity contribution in [3.63, 3.8) is 0 Å². The summed E-state index contributed by atoms with van der Waals surface area (Å²) >= 11 is 0. The van der Waals surface area contributed by atoms with Crippen LogP contribution in [0.2, 0.25) is 0 Å². The Morgan fingerprint density at radius 3 is 2.22 bits per heavy atom. The van der Waals surface area contributed by atoms with Crippen LogP contribution in [0.15, 0.2) is 66.9 Å². The van der Waals surface area contributed by atoms with Crippen molar-refractivity contribution in [1.29, 1.82) is 0 Å². The molecule has 0 spiro atoms. The first-order valence-corrected chi connectivity index (χ1v) is 8.11. The average molecular weight is 371 g/mol. The Morgan fingerprint density at radius 2 is 1.59 bits per heavy atom. The molecule has 3 aromatic rings. The van der Waals surface area contributed by atoms with Gasteiger partial charge in [0.25, 0.3) is 5.91 Å². The lowest BCUT2D eigenvalue weighted by Gasteiger charge is -2.14. The molecule has 27 heavy (non-hydrogen) atoms. The van der Waals surface area contributed by atoms with Crippen LogP contribution in [0.3, 0.4) is 0 Å². The van der Waals surface area contributed by atoms with Gasteiger partial charge < -0.3 is 10.6 Å². The van der Waals surface area contributed by atoms with Gasteiger partial charge in [0.15, 0.2) is 0 Å². The number of aromatic nitrogens is 1. The van der Waals surface area contributed by atoms with Crippen molar-refractivity contribution in [2.75, 3.05) is 10.6 Å². The Kier molecular flexibility index (Phi) is 5.12. The van der Waals surface area contributed by atoms with Gasteiger partial charge in [0.1, 0.15) is 5.82 Å². The Morgan fingerprint density at radius 1 is 0.926 bits per heavy atom. The molecule has 0 fully saturated rings. The fourth-order valence-electron chi connectivity index (χ4n) is 2.49.